The lowest BCUT2D eigenvalue weighted by atomic mass is 10.2. The van der Waals surface area contributed by atoms with Crippen molar-refractivity contribution >= 4 is 23.5 Å². The van der Waals surface area contributed by atoms with E-state index in [2.05, 4.69) is 15.8 Å². The molecule has 5 nitrogen and oxygen atoms in total. The largest absolute Gasteiger partial charge is 0.497 e. The molecule has 6 heteroatoms. The number of hydrogen-bond donors (Lipinski definition) is 2. The molecule has 0 aliphatic rings. The number of benzene rings is 2. The summed E-state index contributed by atoms with van der Waals surface area (Å²) in [5.41, 5.74) is 4.73. The standard InChI is InChI=1S/C17H19N3O2S/c1-21-15-8-9-16(22-2)14(10-15)12-19-20-17(23)18-11-13-6-4-3-5-7-13/h3-10,12H,11H2,1-2H3,(H2,18,20,23)/b19-12+. The van der Waals surface area contributed by atoms with Crippen LogP contribution in [0.1, 0.15) is 11.1 Å². The van der Waals surface area contributed by atoms with Crippen LogP contribution in [0, 0.1) is 0 Å². The van der Waals surface area contributed by atoms with Gasteiger partial charge in [-0.2, -0.15) is 5.10 Å². The van der Waals surface area contributed by atoms with Gasteiger partial charge in [0.2, 0.25) is 0 Å². The lowest BCUT2D eigenvalue weighted by molar-refractivity contribution is 0.402. The number of thiocarbonyl (C=S) groups is 1. The molecule has 0 aromatic heterocycles. The molecule has 0 aliphatic carbocycles. The highest BCUT2D eigenvalue weighted by Gasteiger charge is 2.02. The lowest BCUT2D eigenvalue weighted by Crippen LogP contribution is -2.31. The lowest BCUT2D eigenvalue weighted by Gasteiger charge is -2.08. The highest BCUT2D eigenvalue weighted by Crippen LogP contribution is 2.22. The molecule has 2 aromatic carbocycles. The fourth-order valence-electron chi connectivity index (χ4n) is 1.92. The van der Waals surface area contributed by atoms with Crippen molar-refractivity contribution in [2.45, 2.75) is 6.54 Å². The topological polar surface area (TPSA) is 54.9 Å². The van der Waals surface area contributed by atoms with E-state index in [9.17, 15) is 0 Å². The van der Waals surface area contributed by atoms with Gasteiger partial charge in [0.1, 0.15) is 11.5 Å². The van der Waals surface area contributed by atoms with Crippen molar-refractivity contribution in [3.63, 3.8) is 0 Å². The Labute approximate surface area is 141 Å². The quantitative estimate of drug-likeness (QED) is 0.485. The molecule has 0 saturated heterocycles. The van der Waals surface area contributed by atoms with Gasteiger partial charge in [-0.25, -0.2) is 0 Å². The predicted molar refractivity (Wildman–Crippen MR) is 96.2 cm³/mol. The average Bonchev–Trinajstić information content (AvgIpc) is 2.60. The molecular weight excluding hydrogens is 310 g/mol. The molecular formula is C17H19N3O2S. The van der Waals surface area contributed by atoms with E-state index in [1.165, 1.54) is 0 Å². The van der Waals surface area contributed by atoms with Gasteiger partial charge in [-0.3, -0.25) is 5.43 Å². The SMILES string of the molecule is COc1ccc(OC)c(/C=N/NC(=S)NCc2ccccc2)c1. The summed E-state index contributed by atoms with van der Waals surface area (Å²) in [5.74, 6) is 1.44. The Morgan fingerprint density at radius 2 is 1.91 bits per heavy atom. The number of ether oxygens (including phenoxy) is 2. The summed E-state index contributed by atoms with van der Waals surface area (Å²) in [6.07, 6.45) is 1.64. The van der Waals surface area contributed by atoms with Gasteiger partial charge in [0.15, 0.2) is 5.11 Å². The van der Waals surface area contributed by atoms with Crippen molar-refractivity contribution in [3.05, 3.63) is 59.7 Å². The number of hydrazone groups is 1. The highest BCUT2D eigenvalue weighted by molar-refractivity contribution is 7.80. The molecule has 2 N–H and O–H groups in total. The van der Waals surface area contributed by atoms with Crippen LogP contribution in [0.5, 0.6) is 11.5 Å². The second-order valence-corrected chi connectivity index (χ2v) is 5.05. The summed E-state index contributed by atoms with van der Waals surface area (Å²) < 4.78 is 10.5. The van der Waals surface area contributed by atoms with Gasteiger partial charge in [0.25, 0.3) is 0 Å². The van der Waals surface area contributed by atoms with Gasteiger partial charge < -0.3 is 14.8 Å². The zero-order chi connectivity index (χ0) is 16.5. The molecule has 0 aliphatic heterocycles. The number of hydrogen-bond acceptors (Lipinski definition) is 4. The van der Waals surface area contributed by atoms with Crippen LogP contribution in [0.25, 0.3) is 0 Å². The smallest absolute Gasteiger partial charge is 0.187 e. The molecule has 0 unspecified atom stereocenters. The Hall–Kier alpha value is -2.60. The molecule has 0 fully saturated rings. The summed E-state index contributed by atoms with van der Waals surface area (Å²) in [6.45, 7) is 0.644. The van der Waals surface area contributed by atoms with Gasteiger partial charge in [-0.05, 0) is 36.0 Å². The fourth-order valence-corrected chi connectivity index (χ4v) is 2.04. The minimum atomic E-state index is 0.451. The molecule has 0 amide bonds. The summed E-state index contributed by atoms with van der Waals surface area (Å²) >= 11 is 5.19. The summed E-state index contributed by atoms with van der Waals surface area (Å²) in [7, 11) is 3.22. The minimum Gasteiger partial charge on any atom is -0.497 e. The second-order valence-electron chi connectivity index (χ2n) is 4.65. The molecule has 0 atom stereocenters. The van der Waals surface area contributed by atoms with Crippen molar-refractivity contribution < 1.29 is 9.47 Å². The first-order chi connectivity index (χ1) is 11.2. The first kappa shape index (κ1) is 16.8. The van der Waals surface area contributed by atoms with Crippen molar-refractivity contribution in [1.29, 1.82) is 0 Å². The van der Waals surface area contributed by atoms with Crippen LogP contribution in [0.15, 0.2) is 53.6 Å². The van der Waals surface area contributed by atoms with Crippen LogP contribution < -0.4 is 20.2 Å². The van der Waals surface area contributed by atoms with Crippen LogP contribution in [0.3, 0.4) is 0 Å². The van der Waals surface area contributed by atoms with Gasteiger partial charge in [0.05, 0.1) is 20.4 Å². The van der Waals surface area contributed by atoms with E-state index in [4.69, 9.17) is 21.7 Å². The first-order valence-electron chi connectivity index (χ1n) is 7.06. The van der Waals surface area contributed by atoms with Crippen LogP contribution >= 0.6 is 12.2 Å². The average molecular weight is 329 g/mol. The maximum atomic E-state index is 5.28. The predicted octanol–water partition coefficient (Wildman–Crippen LogP) is 2.70. The molecule has 0 heterocycles. The molecule has 120 valence electrons. The number of rotatable bonds is 6. The van der Waals surface area contributed by atoms with Crippen molar-refractivity contribution in [2.75, 3.05) is 14.2 Å². The monoisotopic (exact) mass is 329 g/mol. The van der Waals surface area contributed by atoms with E-state index in [1.807, 2.05) is 48.5 Å². The van der Waals surface area contributed by atoms with Crippen molar-refractivity contribution in [2.24, 2.45) is 5.10 Å². The zero-order valence-electron chi connectivity index (χ0n) is 13.1. The Morgan fingerprint density at radius 3 is 2.61 bits per heavy atom. The number of nitrogens with zero attached hydrogens (tertiary/aromatic N) is 1. The Morgan fingerprint density at radius 1 is 1.13 bits per heavy atom. The maximum Gasteiger partial charge on any atom is 0.187 e. The summed E-state index contributed by atoms with van der Waals surface area (Å²) in [4.78, 5) is 0. The fraction of sp³-hybridized carbons (Fsp3) is 0.176. The van der Waals surface area contributed by atoms with Crippen molar-refractivity contribution in [3.8, 4) is 11.5 Å². The molecule has 2 aromatic rings. The molecule has 2 rings (SSSR count). The molecule has 0 spiro atoms. The minimum absolute atomic E-state index is 0.451. The van der Waals surface area contributed by atoms with Crippen molar-refractivity contribution in [1.82, 2.24) is 10.7 Å². The van der Waals surface area contributed by atoms with Gasteiger partial charge in [-0.1, -0.05) is 30.3 Å². The third-order valence-corrected chi connectivity index (χ3v) is 3.34. The summed E-state index contributed by atoms with van der Waals surface area (Å²) in [6, 6.07) is 15.5. The van der Waals surface area contributed by atoms with E-state index in [0.717, 1.165) is 16.9 Å². The zero-order valence-corrected chi connectivity index (χ0v) is 13.9. The number of methoxy groups -OCH3 is 2. The Bertz CT molecular complexity index is 675. The summed E-state index contributed by atoms with van der Waals surface area (Å²) in [5, 5.41) is 7.66. The third-order valence-electron chi connectivity index (χ3n) is 3.10. The molecule has 0 bridgehead atoms. The van der Waals surface area contributed by atoms with E-state index in [1.54, 1.807) is 20.4 Å². The first-order valence-corrected chi connectivity index (χ1v) is 7.46. The van der Waals surface area contributed by atoms with E-state index < -0.39 is 0 Å². The second kappa shape index (κ2) is 8.75. The van der Waals surface area contributed by atoms with E-state index in [0.29, 0.717) is 17.4 Å². The van der Waals surface area contributed by atoms with Gasteiger partial charge in [-0.15, -0.1) is 0 Å². The van der Waals surface area contributed by atoms with Gasteiger partial charge in [0, 0.05) is 12.1 Å². The number of nitrogens with one attached hydrogen (secondary N) is 2. The van der Waals surface area contributed by atoms with Gasteiger partial charge >= 0.3 is 0 Å². The van der Waals surface area contributed by atoms with Crippen LogP contribution in [-0.4, -0.2) is 25.5 Å². The van der Waals surface area contributed by atoms with E-state index in [-0.39, 0.29) is 0 Å². The van der Waals surface area contributed by atoms with Crippen LogP contribution in [-0.2, 0) is 6.54 Å². The normalized spacial score (nSPS) is 10.3. The molecule has 0 saturated carbocycles. The van der Waals surface area contributed by atoms with Crippen LogP contribution in [0.2, 0.25) is 0 Å². The highest BCUT2D eigenvalue weighted by atomic mass is 32.1. The Balaban J connectivity index is 1.89. The van der Waals surface area contributed by atoms with Crippen LogP contribution in [0.4, 0.5) is 0 Å². The molecule has 0 radical (unpaired) electrons. The third kappa shape index (κ3) is 5.27. The molecule has 23 heavy (non-hydrogen) atoms. The van der Waals surface area contributed by atoms with E-state index >= 15 is 0 Å². The maximum absolute atomic E-state index is 5.28. The Kier molecular flexibility index (Phi) is 6.38.